The second kappa shape index (κ2) is 8.27. The van der Waals surface area contributed by atoms with E-state index in [0.29, 0.717) is 37.3 Å². The molecule has 0 aliphatic carbocycles. The highest BCUT2D eigenvalue weighted by Crippen LogP contribution is 2.18. The van der Waals surface area contributed by atoms with E-state index in [1.165, 1.54) is 0 Å². The predicted octanol–water partition coefficient (Wildman–Crippen LogP) is 3.02. The molecule has 0 aromatic heterocycles. The van der Waals surface area contributed by atoms with Crippen LogP contribution in [-0.4, -0.2) is 61.2 Å². The largest absolute Gasteiger partial charge is 0.497 e. The number of ether oxygens (including phenoxy) is 1. The van der Waals surface area contributed by atoms with Gasteiger partial charge in [-0.15, -0.1) is 11.8 Å². The number of thioether (sulfide) groups is 1. The Morgan fingerprint density at radius 2 is 1.23 bits per heavy atom. The molecule has 26 heavy (non-hydrogen) atoms. The number of piperazine rings is 1. The number of methoxy groups -OCH3 is 1. The summed E-state index contributed by atoms with van der Waals surface area (Å²) in [7, 11) is 1.60. The van der Waals surface area contributed by atoms with Crippen LogP contribution in [0, 0.1) is 0 Å². The molecule has 1 saturated heterocycles. The molecule has 2 amide bonds. The van der Waals surface area contributed by atoms with Crippen molar-refractivity contribution in [2.24, 2.45) is 0 Å². The van der Waals surface area contributed by atoms with Crippen molar-refractivity contribution in [2.75, 3.05) is 39.5 Å². The van der Waals surface area contributed by atoms with E-state index in [4.69, 9.17) is 4.74 Å². The van der Waals surface area contributed by atoms with Crippen molar-refractivity contribution < 1.29 is 14.3 Å². The van der Waals surface area contributed by atoms with Crippen LogP contribution in [0.4, 0.5) is 0 Å². The van der Waals surface area contributed by atoms with Gasteiger partial charge in [-0.3, -0.25) is 9.59 Å². The maximum absolute atomic E-state index is 12.6. The monoisotopic (exact) mass is 370 g/mol. The lowest BCUT2D eigenvalue weighted by atomic mass is 10.1. The summed E-state index contributed by atoms with van der Waals surface area (Å²) in [4.78, 5) is 30.0. The van der Waals surface area contributed by atoms with Crippen molar-refractivity contribution in [3.63, 3.8) is 0 Å². The van der Waals surface area contributed by atoms with Crippen LogP contribution in [0.1, 0.15) is 20.7 Å². The standard InChI is InChI=1S/C20H22N2O3S/c1-25-17-7-3-15(4-8-17)19(23)21-11-13-22(14-12-21)20(24)16-5-9-18(26-2)10-6-16/h3-10H,11-14H2,1-2H3. The summed E-state index contributed by atoms with van der Waals surface area (Å²) >= 11 is 1.65. The van der Waals surface area contributed by atoms with Crippen molar-refractivity contribution in [3.05, 3.63) is 59.7 Å². The first-order valence-corrected chi connectivity index (χ1v) is 9.71. The fraction of sp³-hybridized carbons (Fsp3) is 0.300. The Labute approximate surface area is 157 Å². The lowest BCUT2D eigenvalue weighted by molar-refractivity contribution is 0.0535. The van der Waals surface area contributed by atoms with E-state index in [1.54, 1.807) is 48.0 Å². The van der Waals surface area contributed by atoms with Gasteiger partial charge in [0.25, 0.3) is 11.8 Å². The lowest BCUT2D eigenvalue weighted by Gasteiger charge is -2.35. The molecule has 0 unspecified atom stereocenters. The molecule has 1 fully saturated rings. The van der Waals surface area contributed by atoms with E-state index >= 15 is 0 Å². The normalized spacial score (nSPS) is 14.2. The molecule has 0 atom stereocenters. The minimum absolute atomic E-state index is 0.0101. The third-order valence-electron chi connectivity index (χ3n) is 4.53. The maximum atomic E-state index is 12.6. The Morgan fingerprint density at radius 3 is 1.62 bits per heavy atom. The molecular formula is C20H22N2O3S. The van der Waals surface area contributed by atoms with Gasteiger partial charge in [0.15, 0.2) is 0 Å². The van der Waals surface area contributed by atoms with Crippen LogP contribution < -0.4 is 4.74 Å². The van der Waals surface area contributed by atoms with E-state index in [0.717, 1.165) is 10.6 Å². The topological polar surface area (TPSA) is 49.9 Å². The van der Waals surface area contributed by atoms with Gasteiger partial charge in [0.05, 0.1) is 7.11 Å². The molecule has 0 N–H and O–H groups in total. The minimum atomic E-state index is -0.0101. The summed E-state index contributed by atoms with van der Waals surface area (Å²) in [5.74, 6) is 0.739. The molecule has 2 aromatic carbocycles. The van der Waals surface area contributed by atoms with E-state index in [1.807, 2.05) is 35.4 Å². The van der Waals surface area contributed by atoms with Crippen molar-refractivity contribution in [2.45, 2.75) is 4.90 Å². The number of amides is 2. The molecule has 5 nitrogen and oxygen atoms in total. The van der Waals surface area contributed by atoms with Crippen LogP contribution in [0.2, 0.25) is 0 Å². The Morgan fingerprint density at radius 1 is 0.808 bits per heavy atom. The van der Waals surface area contributed by atoms with Crippen molar-refractivity contribution in [3.8, 4) is 5.75 Å². The van der Waals surface area contributed by atoms with Gasteiger partial charge < -0.3 is 14.5 Å². The zero-order valence-corrected chi connectivity index (χ0v) is 15.8. The first kappa shape index (κ1) is 18.3. The van der Waals surface area contributed by atoms with Gasteiger partial charge in [-0.05, 0) is 54.8 Å². The average molecular weight is 370 g/mol. The maximum Gasteiger partial charge on any atom is 0.253 e. The fourth-order valence-corrected chi connectivity index (χ4v) is 3.35. The highest BCUT2D eigenvalue weighted by molar-refractivity contribution is 7.98. The molecule has 0 radical (unpaired) electrons. The quantitative estimate of drug-likeness (QED) is 0.777. The highest BCUT2D eigenvalue weighted by atomic mass is 32.2. The SMILES string of the molecule is COc1ccc(C(=O)N2CCN(C(=O)c3ccc(SC)cc3)CC2)cc1. The van der Waals surface area contributed by atoms with Gasteiger partial charge in [-0.2, -0.15) is 0 Å². The summed E-state index contributed by atoms with van der Waals surface area (Å²) in [5, 5.41) is 0. The molecular weight excluding hydrogens is 348 g/mol. The van der Waals surface area contributed by atoms with Crippen molar-refractivity contribution in [1.29, 1.82) is 0 Å². The van der Waals surface area contributed by atoms with Crippen LogP contribution in [0.3, 0.4) is 0 Å². The second-order valence-electron chi connectivity index (χ2n) is 6.04. The van der Waals surface area contributed by atoms with E-state index < -0.39 is 0 Å². The molecule has 0 bridgehead atoms. The van der Waals surface area contributed by atoms with Gasteiger partial charge in [0.2, 0.25) is 0 Å². The fourth-order valence-electron chi connectivity index (χ4n) is 2.94. The molecule has 0 spiro atoms. The van der Waals surface area contributed by atoms with E-state index in [2.05, 4.69) is 0 Å². The number of rotatable bonds is 4. The molecule has 6 heteroatoms. The number of benzene rings is 2. The van der Waals surface area contributed by atoms with Gasteiger partial charge in [-0.1, -0.05) is 0 Å². The first-order chi connectivity index (χ1) is 12.6. The molecule has 2 aromatic rings. The highest BCUT2D eigenvalue weighted by Gasteiger charge is 2.25. The number of nitrogens with zero attached hydrogens (tertiary/aromatic N) is 2. The van der Waals surface area contributed by atoms with Gasteiger partial charge >= 0.3 is 0 Å². The number of carbonyl (C=O) groups excluding carboxylic acids is 2. The van der Waals surface area contributed by atoms with Gasteiger partial charge in [0.1, 0.15) is 5.75 Å². The Hall–Kier alpha value is -2.47. The molecule has 136 valence electrons. The van der Waals surface area contributed by atoms with Crippen LogP contribution in [0.5, 0.6) is 5.75 Å². The summed E-state index contributed by atoms with van der Waals surface area (Å²) in [5.41, 5.74) is 1.33. The minimum Gasteiger partial charge on any atom is -0.497 e. The zero-order valence-electron chi connectivity index (χ0n) is 15.0. The van der Waals surface area contributed by atoms with Crippen LogP contribution in [0.15, 0.2) is 53.4 Å². The average Bonchev–Trinajstić information content (AvgIpc) is 2.73. The van der Waals surface area contributed by atoms with E-state index in [-0.39, 0.29) is 11.8 Å². The molecule has 1 heterocycles. The number of hydrogen-bond donors (Lipinski definition) is 0. The van der Waals surface area contributed by atoms with Gasteiger partial charge in [-0.25, -0.2) is 0 Å². The third-order valence-corrected chi connectivity index (χ3v) is 5.27. The summed E-state index contributed by atoms with van der Waals surface area (Å²) < 4.78 is 5.12. The van der Waals surface area contributed by atoms with Crippen LogP contribution >= 0.6 is 11.8 Å². The molecule has 1 aliphatic rings. The Balaban J connectivity index is 1.59. The summed E-state index contributed by atoms with van der Waals surface area (Å²) in [6.45, 7) is 2.18. The Bertz CT molecular complexity index is 699. The molecule has 0 saturated carbocycles. The number of carbonyl (C=O) groups is 2. The van der Waals surface area contributed by atoms with E-state index in [9.17, 15) is 9.59 Å². The summed E-state index contributed by atoms with van der Waals surface area (Å²) in [6.07, 6.45) is 2.01. The summed E-state index contributed by atoms with van der Waals surface area (Å²) in [6, 6.07) is 14.8. The number of hydrogen-bond acceptors (Lipinski definition) is 4. The second-order valence-corrected chi connectivity index (χ2v) is 6.92. The van der Waals surface area contributed by atoms with Gasteiger partial charge in [0, 0.05) is 42.2 Å². The molecule has 3 rings (SSSR count). The smallest absolute Gasteiger partial charge is 0.253 e. The lowest BCUT2D eigenvalue weighted by Crippen LogP contribution is -2.50. The zero-order chi connectivity index (χ0) is 18.5. The van der Waals surface area contributed by atoms with Crippen molar-refractivity contribution in [1.82, 2.24) is 9.80 Å². The first-order valence-electron chi connectivity index (χ1n) is 8.49. The Kier molecular flexibility index (Phi) is 5.83. The predicted molar refractivity (Wildman–Crippen MR) is 103 cm³/mol. The molecule has 1 aliphatic heterocycles. The third kappa shape index (κ3) is 4.02. The van der Waals surface area contributed by atoms with Crippen molar-refractivity contribution >= 4 is 23.6 Å². The van der Waals surface area contributed by atoms with Crippen LogP contribution in [0.25, 0.3) is 0 Å². The van der Waals surface area contributed by atoms with Crippen LogP contribution in [-0.2, 0) is 0 Å².